The van der Waals surface area contributed by atoms with Crippen LogP contribution in [0.2, 0.25) is 0 Å². The molecule has 0 aromatic carbocycles. The Bertz CT molecular complexity index is 209. The van der Waals surface area contributed by atoms with Crippen LogP contribution in [0.3, 0.4) is 0 Å². The summed E-state index contributed by atoms with van der Waals surface area (Å²) in [7, 11) is 1.78. The molecule has 0 aliphatic rings. The van der Waals surface area contributed by atoms with Crippen molar-refractivity contribution in [2.75, 3.05) is 20.1 Å². The molecule has 0 saturated heterocycles. The van der Waals surface area contributed by atoms with Crippen LogP contribution in [0.15, 0.2) is 0 Å². The van der Waals surface area contributed by atoms with Crippen molar-refractivity contribution in [3.8, 4) is 0 Å². The van der Waals surface area contributed by atoms with Gasteiger partial charge < -0.3 is 21.5 Å². The quantitative estimate of drug-likeness (QED) is 0.386. The summed E-state index contributed by atoms with van der Waals surface area (Å²) in [5, 5.41) is 14.0. The molecule has 0 spiro atoms. The minimum absolute atomic E-state index is 0.0340. The van der Waals surface area contributed by atoms with Crippen molar-refractivity contribution < 1.29 is 14.7 Å². The molecule has 0 heterocycles. The summed E-state index contributed by atoms with van der Waals surface area (Å²) >= 11 is 0. The Kier molecular flexibility index (Phi) is 7.57. The van der Waals surface area contributed by atoms with Crippen LogP contribution in [-0.2, 0) is 9.59 Å². The highest BCUT2D eigenvalue weighted by Gasteiger charge is 2.10. The summed E-state index contributed by atoms with van der Waals surface area (Å²) in [5.74, 6) is -1.04. The molecule has 0 fully saturated rings. The number of hydrogen-bond donors (Lipinski definition) is 4. The molecule has 0 aliphatic carbocycles. The van der Waals surface area contributed by atoms with Crippen molar-refractivity contribution in [2.45, 2.75) is 25.3 Å². The zero-order chi connectivity index (χ0) is 11.7. The molecule has 0 aromatic heterocycles. The molecule has 0 saturated carbocycles. The van der Waals surface area contributed by atoms with E-state index in [9.17, 15) is 9.59 Å². The molecule has 6 nitrogen and oxygen atoms in total. The van der Waals surface area contributed by atoms with E-state index in [2.05, 4.69) is 10.6 Å². The van der Waals surface area contributed by atoms with Crippen LogP contribution in [-0.4, -0.2) is 43.2 Å². The number of aliphatic carboxylic acids is 1. The van der Waals surface area contributed by atoms with Crippen molar-refractivity contribution in [3.05, 3.63) is 0 Å². The van der Waals surface area contributed by atoms with E-state index in [1.54, 1.807) is 7.05 Å². The first-order chi connectivity index (χ1) is 7.07. The van der Waals surface area contributed by atoms with Gasteiger partial charge in [0.25, 0.3) is 0 Å². The number of hydrogen-bond acceptors (Lipinski definition) is 4. The lowest BCUT2D eigenvalue weighted by atomic mass is 10.2. The van der Waals surface area contributed by atoms with Gasteiger partial charge in [-0.15, -0.1) is 0 Å². The number of carbonyl (C=O) groups excluding carboxylic acids is 1. The van der Waals surface area contributed by atoms with Gasteiger partial charge in [0.15, 0.2) is 0 Å². The molecule has 0 rings (SSSR count). The van der Waals surface area contributed by atoms with Gasteiger partial charge in [-0.3, -0.25) is 9.59 Å². The highest BCUT2D eigenvalue weighted by Crippen LogP contribution is 1.93. The van der Waals surface area contributed by atoms with Crippen LogP contribution in [0.1, 0.15) is 19.3 Å². The summed E-state index contributed by atoms with van der Waals surface area (Å²) in [5.41, 5.74) is 5.29. The lowest BCUT2D eigenvalue weighted by Gasteiger charge is -2.07. The zero-order valence-electron chi connectivity index (χ0n) is 8.95. The number of nitrogens with one attached hydrogen (secondary N) is 2. The summed E-state index contributed by atoms with van der Waals surface area (Å²) in [6.07, 6.45) is 1.39. The van der Waals surface area contributed by atoms with Gasteiger partial charge in [-0.05, 0) is 19.9 Å². The summed E-state index contributed by atoms with van der Waals surface area (Å²) in [6, 6.07) is -0.834. The Morgan fingerprint density at radius 1 is 1.40 bits per heavy atom. The lowest BCUT2D eigenvalue weighted by molar-refractivity contribution is -0.138. The van der Waals surface area contributed by atoms with Gasteiger partial charge >= 0.3 is 5.97 Å². The molecule has 1 atom stereocenters. The highest BCUT2D eigenvalue weighted by molar-refractivity contribution is 5.76. The monoisotopic (exact) mass is 217 g/mol. The predicted molar refractivity (Wildman–Crippen MR) is 56.4 cm³/mol. The first-order valence-electron chi connectivity index (χ1n) is 4.97. The Balaban J connectivity index is 3.38. The van der Waals surface area contributed by atoms with Gasteiger partial charge in [0.05, 0.1) is 0 Å². The van der Waals surface area contributed by atoms with Crippen LogP contribution in [0.5, 0.6) is 0 Å². The fourth-order valence-corrected chi connectivity index (χ4v) is 1.00. The summed E-state index contributed by atoms with van der Waals surface area (Å²) in [4.78, 5) is 21.4. The van der Waals surface area contributed by atoms with Crippen LogP contribution in [0, 0.1) is 0 Å². The highest BCUT2D eigenvalue weighted by atomic mass is 16.4. The van der Waals surface area contributed by atoms with Gasteiger partial charge in [-0.2, -0.15) is 0 Å². The smallest absolute Gasteiger partial charge is 0.320 e. The van der Waals surface area contributed by atoms with Crippen molar-refractivity contribution in [3.63, 3.8) is 0 Å². The van der Waals surface area contributed by atoms with E-state index < -0.39 is 12.0 Å². The van der Waals surface area contributed by atoms with Crippen molar-refractivity contribution in [2.24, 2.45) is 5.73 Å². The average Bonchev–Trinajstić information content (AvgIpc) is 2.20. The van der Waals surface area contributed by atoms with Crippen LogP contribution in [0.25, 0.3) is 0 Å². The average molecular weight is 217 g/mol. The SMILES string of the molecule is CNCCC(=O)NCCC[C@H](N)C(=O)O. The molecule has 1 amide bonds. The normalized spacial score (nSPS) is 12.1. The van der Waals surface area contributed by atoms with Crippen molar-refractivity contribution >= 4 is 11.9 Å². The maximum absolute atomic E-state index is 11.1. The first-order valence-corrected chi connectivity index (χ1v) is 4.97. The molecule has 88 valence electrons. The Labute approximate surface area is 89.2 Å². The third-order valence-electron chi connectivity index (χ3n) is 1.93. The first kappa shape index (κ1) is 13.9. The summed E-state index contributed by atoms with van der Waals surface area (Å²) in [6.45, 7) is 1.12. The van der Waals surface area contributed by atoms with Crippen molar-refractivity contribution in [1.29, 1.82) is 0 Å². The van der Waals surface area contributed by atoms with Crippen LogP contribution < -0.4 is 16.4 Å². The van der Waals surface area contributed by atoms with E-state index in [0.29, 0.717) is 32.4 Å². The van der Waals surface area contributed by atoms with Crippen molar-refractivity contribution in [1.82, 2.24) is 10.6 Å². The molecule has 5 N–H and O–H groups in total. The number of carbonyl (C=O) groups is 2. The molecule has 6 heteroatoms. The summed E-state index contributed by atoms with van der Waals surface area (Å²) < 4.78 is 0. The topological polar surface area (TPSA) is 104 Å². The minimum Gasteiger partial charge on any atom is -0.480 e. The van der Waals surface area contributed by atoms with E-state index in [1.807, 2.05) is 0 Å². The van der Waals surface area contributed by atoms with Gasteiger partial charge in [0.1, 0.15) is 6.04 Å². The molecule has 0 radical (unpaired) electrons. The maximum atomic E-state index is 11.1. The second kappa shape index (κ2) is 8.19. The largest absolute Gasteiger partial charge is 0.480 e. The molecule has 0 aromatic rings. The van der Waals surface area contributed by atoms with E-state index in [4.69, 9.17) is 10.8 Å². The Hall–Kier alpha value is -1.14. The Morgan fingerprint density at radius 2 is 2.07 bits per heavy atom. The molecule has 0 unspecified atom stereocenters. The zero-order valence-corrected chi connectivity index (χ0v) is 8.95. The van der Waals surface area contributed by atoms with Gasteiger partial charge in [0, 0.05) is 19.5 Å². The Morgan fingerprint density at radius 3 is 2.60 bits per heavy atom. The third-order valence-corrected chi connectivity index (χ3v) is 1.93. The molecule has 0 bridgehead atoms. The molecular weight excluding hydrogens is 198 g/mol. The second-order valence-corrected chi connectivity index (χ2v) is 3.29. The van der Waals surface area contributed by atoms with E-state index in [-0.39, 0.29) is 5.91 Å². The number of rotatable bonds is 8. The lowest BCUT2D eigenvalue weighted by Crippen LogP contribution is -2.32. The molecule has 15 heavy (non-hydrogen) atoms. The fourth-order valence-electron chi connectivity index (χ4n) is 1.00. The van der Waals surface area contributed by atoms with E-state index >= 15 is 0 Å². The number of amides is 1. The number of carboxylic acid groups (broad SMARTS) is 1. The second-order valence-electron chi connectivity index (χ2n) is 3.29. The minimum atomic E-state index is -1.00. The van der Waals surface area contributed by atoms with E-state index in [1.165, 1.54) is 0 Å². The molecule has 0 aliphatic heterocycles. The van der Waals surface area contributed by atoms with Crippen LogP contribution in [0.4, 0.5) is 0 Å². The predicted octanol–water partition coefficient (Wildman–Crippen LogP) is -1.10. The number of nitrogens with two attached hydrogens (primary N) is 1. The van der Waals surface area contributed by atoms with Gasteiger partial charge in [-0.25, -0.2) is 0 Å². The fraction of sp³-hybridized carbons (Fsp3) is 0.778. The standard InChI is InChI=1S/C9H19N3O3/c1-11-6-4-8(13)12-5-2-3-7(10)9(14)15/h7,11H,2-6,10H2,1H3,(H,12,13)(H,14,15)/t7-/m0/s1. The van der Waals surface area contributed by atoms with E-state index in [0.717, 1.165) is 0 Å². The van der Waals surface area contributed by atoms with Gasteiger partial charge in [-0.1, -0.05) is 0 Å². The number of carboxylic acids is 1. The van der Waals surface area contributed by atoms with Crippen LogP contribution >= 0.6 is 0 Å². The van der Waals surface area contributed by atoms with Gasteiger partial charge in [0.2, 0.25) is 5.91 Å². The third kappa shape index (κ3) is 7.90. The molecular formula is C9H19N3O3. The maximum Gasteiger partial charge on any atom is 0.320 e.